The molecule has 2 aliphatic heterocycles. The van der Waals surface area contributed by atoms with E-state index in [1.165, 1.54) is 6.42 Å². The molecule has 0 unspecified atom stereocenters. The molecular formula is C26H33N3O2S. The molecule has 1 aromatic heterocycles. The lowest BCUT2D eigenvalue weighted by Crippen LogP contribution is -2.51. The highest BCUT2D eigenvalue weighted by Gasteiger charge is 2.47. The minimum absolute atomic E-state index is 0.0503. The van der Waals surface area contributed by atoms with Gasteiger partial charge in [-0.2, -0.15) is 0 Å². The van der Waals surface area contributed by atoms with Crippen molar-refractivity contribution >= 4 is 23.2 Å². The zero-order chi connectivity index (χ0) is 22.1. The fourth-order valence-corrected chi connectivity index (χ4v) is 6.91. The van der Waals surface area contributed by atoms with Crippen molar-refractivity contribution in [3.8, 4) is 0 Å². The van der Waals surface area contributed by atoms with E-state index in [9.17, 15) is 9.59 Å². The number of carbonyl (C=O) groups excluding carboxylic acids is 2. The van der Waals surface area contributed by atoms with Crippen molar-refractivity contribution in [3.05, 3.63) is 57.8 Å². The first-order valence-corrected chi connectivity index (χ1v) is 13.0. The molecule has 3 heterocycles. The van der Waals surface area contributed by atoms with Gasteiger partial charge in [-0.1, -0.05) is 44.0 Å². The molecule has 5 rings (SSSR count). The van der Waals surface area contributed by atoms with Gasteiger partial charge in [-0.05, 0) is 61.8 Å². The molecule has 1 N–H and O–H groups in total. The van der Waals surface area contributed by atoms with Crippen molar-refractivity contribution in [2.75, 3.05) is 19.6 Å². The summed E-state index contributed by atoms with van der Waals surface area (Å²) in [5.74, 6) is -0.239. The summed E-state index contributed by atoms with van der Waals surface area (Å²) in [7, 11) is 0. The molecule has 6 heteroatoms. The topological polar surface area (TPSA) is 52.7 Å². The van der Waals surface area contributed by atoms with Crippen LogP contribution in [0.25, 0.3) is 0 Å². The summed E-state index contributed by atoms with van der Waals surface area (Å²) < 4.78 is 0. The van der Waals surface area contributed by atoms with Gasteiger partial charge in [-0.25, -0.2) is 0 Å². The summed E-state index contributed by atoms with van der Waals surface area (Å²) in [6, 6.07) is 12.3. The number of benzene rings is 1. The summed E-state index contributed by atoms with van der Waals surface area (Å²) in [4.78, 5) is 33.2. The number of amides is 2. The van der Waals surface area contributed by atoms with Crippen LogP contribution in [0.1, 0.15) is 78.2 Å². The van der Waals surface area contributed by atoms with Crippen LogP contribution in [0.2, 0.25) is 0 Å². The third kappa shape index (κ3) is 3.88. The molecule has 3 aliphatic rings. The van der Waals surface area contributed by atoms with Crippen molar-refractivity contribution in [2.24, 2.45) is 0 Å². The van der Waals surface area contributed by atoms with Crippen LogP contribution in [0, 0.1) is 0 Å². The molecule has 2 amide bonds. The molecule has 0 spiro atoms. The van der Waals surface area contributed by atoms with E-state index in [1.54, 1.807) is 11.3 Å². The summed E-state index contributed by atoms with van der Waals surface area (Å²) in [5, 5.41) is 5.36. The number of hydrogen-bond donors (Lipinski definition) is 1. The van der Waals surface area contributed by atoms with Crippen LogP contribution < -0.4 is 5.32 Å². The number of nitrogens with one attached hydrogen (secondary N) is 1. The van der Waals surface area contributed by atoms with Crippen molar-refractivity contribution in [3.63, 3.8) is 0 Å². The van der Waals surface area contributed by atoms with E-state index in [2.05, 4.69) is 33.5 Å². The first kappa shape index (κ1) is 21.7. The lowest BCUT2D eigenvalue weighted by Gasteiger charge is -2.44. The van der Waals surface area contributed by atoms with Crippen molar-refractivity contribution in [2.45, 2.75) is 69.5 Å². The van der Waals surface area contributed by atoms with Crippen LogP contribution >= 0.6 is 11.3 Å². The van der Waals surface area contributed by atoms with E-state index in [4.69, 9.17) is 0 Å². The normalized spacial score (nSPS) is 26.5. The third-order valence-electron chi connectivity index (χ3n) is 7.63. The predicted octanol–water partition coefficient (Wildman–Crippen LogP) is 4.57. The highest BCUT2D eigenvalue weighted by Crippen LogP contribution is 2.47. The van der Waals surface area contributed by atoms with Crippen LogP contribution in [0.3, 0.4) is 0 Å². The molecule has 2 fully saturated rings. The van der Waals surface area contributed by atoms with Crippen molar-refractivity contribution in [1.82, 2.24) is 15.1 Å². The number of likely N-dealkylation sites (N-methyl/N-ethyl adjacent to an activating group) is 1. The van der Waals surface area contributed by atoms with E-state index < -0.39 is 0 Å². The molecule has 32 heavy (non-hydrogen) atoms. The average molecular weight is 452 g/mol. The van der Waals surface area contributed by atoms with Gasteiger partial charge in [0.1, 0.15) is 0 Å². The van der Waals surface area contributed by atoms with Gasteiger partial charge >= 0.3 is 0 Å². The smallest absolute Gasteiger partial charge is 0.254 e. The molecule has 1 aliphatic carbocycles. The van der Waals surface area contributed by atoms with Gasteiger partial charge in [0.2, 0.25) is 5.91 Å². The molecule has 0 radical (unpaired) electrons. The van der Waals surface area contributed by atoms with E-state index in [-0.39, 0.29) is 29.8 Å². The number of fused-ring (bicyclic) bond motifs is 1. The molecular weight excluding hydrogens is 418 g/mol. The molecule has 170 valence electrons. The molecule has 1 aromatic carbocycles. The number of nitrogens with zero attached hydrogens (tertiary/aromatic N) is 2. The minimum Gasteiger partial charge on any atom is -0.354 e. The Morgan fingerprint density at radius 2 is 1.91 bits per heavy atom. The van der Waals surface area contributed by atoms with Crippen LogP contribution in [-0.4, -0.2) is 53.3 Å². The Bertz CT molecular complexity index is 954. The van der Waals surface area contributed by atoms with E-state index >= 15 is 0 Å². The van der Waals surface area contributed by atoms with E-state index in [0.717, 1.165) is 55.6 Å². The number of likely N-dealkylation sites (tertiary alicyclic amines) is 1. The molecule has 2 aromatic rings. The lowest BCUT2D eigenvalue weighted by molar-refractivity contribution is -0.124. The second kappa shape index (κ2) is 9.36. The van der Waals surface area contributed by atoms with Gasteiger partial charge in [0, 0.05) is 29.1 Å². The molecule has 3 atom stereocenters. The van der Waals surface area contributed by atoms with Crippen LogP contribution in [0.15, 0.2) is 41.8 Å². The maximum atomic E-state index is 13.8. The van der Waals surface area contributed by atoms with Gasteiger partial charge in [0.25, 0.3) is 5.91 Å². The Morgan fingerprint density at radius 1 is 1.09 bits per heavy atom. The highest BCUT2D eigenvalue weighted by molar-refractivity contribution is 7.10. The monoisotopic (exact) mass is 451 g/mol. The lowest BCUT2D eigenvalue weighted by atomic mass is 9.80. The van der Waals surface area contributed by atoms with Gasteiger partial charge in [-0.3, -0.25) is 14.5 Å². The minimum atomic E-state index is -0.375. The van der Waals surface area contributed by atoms with Crippen LogP contribution in [0.4, 0.5) is 0 Å². The summed E-state index contributed by atoms with van der Waals surface area (Å²) in [5.41, 5.74) is 1.57. The second-order valence-electron chi connectivity index (χ2n) is 9.35. The predicted molar refractivity (Wildman–Crippen MR) is 128 cm³/mol. The SMILES string of the molecule is CCN1CCC[C@@H]1CNC(=O)[C@H]1c2ccccc2C(=O)N(C2CCCC2)[C@H]1c1cccs1. The summed E-state index contributed by atoms with van der Waals surface area (Å²) in [6.45, 7) is 5.01. The van der Waals surface area contributed by atoms with Crippen LogP contribution in [-0.2, 0) is 4.79 Å². The van der Waals surface area contributed by atoms with E-state index in [0.29, 0.717) is 18.2 Å². The second-order valence-corrected chi connectivity index (χ2v) is 10.3. The summed E-state index contributed by atoms with van der Waals surface area (Å²) >= 11 is 1.66. The quantitative estimate of drug-likeness (QED) is 0.700. The van der Waals surface area contributed by atoms with Gasteiger partial charge in [0.05, 0.1) is 12.0 Å². The number of thiophene rings is 1. The fourth-order valence-electron chi connectivity index (χ4n) is 6.05. The Hall–Kier alpha value is -2.18. The van der Waals surface area contributed by atoms with Gasteiger partial charge in [-0.15, -0.1) is 11.3 Å². The third-order valence-corrected chi connectivity index (χ3v) is 8.57. The Labute approximate surface area is 194 Å². The van der Waals surface area contributed by atoms with Crippen molar-refractivity contribution in [1.29, 1.82) is 0 Å². The Morgan fingerprint density at radius 3 is 2.66 bits per heavy atom. The maximum absolute atomic E-state index is 13.8. The average Bonchev–Trinajstić information content (AvgIpc) is 3.60. The highest BCUT2D eigenvalue weighted by atomic mass is 32.1. The number of hydrogen-bond acceptors (Lipinski definition) is 4. The molecule has 1 saturated carbocycles. The molecule has 1 saturated heterocycles. The zero-order valence-electron chi connectivity index (χ0n) is 18.8. The molecule has 0 bridgehead atoms. The molecule has 5 nitrogen and oxygen atoms in total. The number of carbonyl (C=O) groups is 2. The maximum Gasteiger partial charge on any atom is 0.254 e. The standard InChI is InChI=1S/C26H33N3O2S/c1-2-28-15-7-11-19(28)17-27-25(30)23-20-12-5-6-13-21(20)26(31)29(18-9-3-4-10-18)24(23)22-14-8-16-32-22/h5-6,8,12-14,16,18-19,23-24H,2-4,7,9-11,15,17H2,1H3,(H,27,30)/t19-,23+,24+/m1/s1. The van der Waals surface area contributed by atoms with Gasteiger partial charge < -0.3 is 10.2 Å². The fraction of sp³-hybridized carbons (Fsp3) is 0.538. The Balaban J connectivity index is 1.50. The first-order valence-electron chi connectivity index (χ1n) is 12.2. The summed E-state index contributed by atoms with van der Waals surface area (Å²) in [6.07, 6.45) is 6.69. The van der Waals surface area contributed by atoms with Crippen LogP contribution in [0.5, 0.6) is 0 Å². The van der Waals surface area contributed by atoms with Gasteiger partial charge in [0.15, 0.2) is 0 Å². The largest absolute Gasteiger partial charge is 0.354 e. The number of rotatable bonds is 6. The van der Waals surface area contributed by atoms with E-state index in [1.807, 2.05) is 30.3 Å². The Kier molecular flexibility index (Phi) is 6.33. The van der Waals surface area contributed by atoms with Crippen molar-refractivity contribution < 1.29 is 9.59 Å². The first-order chi connectivity index (χ1) is 15.7. The zero-order valence-corrected chi connectivity index (χ0v) is 19.7.